The summed E-state index contributed by atoms with van der Waals surface area (Å²) >= 11 is 0. The maximum atomic E-state index is 6.61. The molecular weight excluding hydrogens is 254 g/mol. The van der Waals surface area contributed by atoms with Gasteiger partial charge in [-0.05, 0) is 62.1 Å². The van der Waals surface area contributed by atoms with Gasteiger partial charge in [0.1, 0.15) is 0 Å². The van der Waals surface area contributed by atoms with Gasteiger partial charge in [0.05, 0.1) is 0 Å². The second-order valence-corrected chi connectivity index (χ2v) is 6.58. The molecule has 3 rings (SSSR count). The van der Waals surface area contributed by atoms with Crippen molar-refractivity contribution in [2.24, 2.45) is 11.7 Å². The number of fused-ring (bicyclic) bond motifs is 1. The van der Waals surface area contributed by atoms with E-state index in [2.05, 4.69) is 56.3 Å². The van der Waals surface area contributed by atoms with Crippen LogP contribution in [-0.4, -0.2) is 0 Å². The Hall–Kier alpha value is -1.60. The molecule has 0 spiro atoms. The van der Waals surface area contributed by atoms with Gasteiger partial charge in [0.15, 0.2) is 0 Å². The highest BCUT2D eigenvalue weighted by Gasteiger charge is 2.24. The third-order valence-corrected chi connectivity index (χ3v) is 4.72. The van der Waals surface area contributed by atoms with Gasteiger partial charge >= 0.3 is 0 Å². The maximum Gasteiger partial charge on any atom is 0.0329 e. The molecule has 0 amide bonds. The van der Waals surface area contributed by atoms with Crippen LogP contribution in [0.15, 0.2) is 42.5 Å². The lowest BCUT2D eigenvalue weighted by Crippen LogP contribution is -2.23. The van der Waals surface area contributed by atoms with Gasteiger partial charge in [-0.3, -0.25) is 0 Å². The highest BCUT2D eigenvalue weighted by atomic mass is 14.7. The van der Waals surface area contributed by atoms with Crippen LogP contribution in [-0.2, 0) is 12.8 Å². The van der Waals surface area contributed by atoms with E-state index in [0.717, 1.165) is 6.42 Å². The Morgan fingerprint density at radius 2 is 1.76 bits per heavy atom. The van der Waals surface area contributed by atoms with Gasteiger partial charge in [-0.25, -0.2) is 0 Å². The number of rotatable bonds is 2. The Morgan fingerprint density at radius 1 is 1.05 bits per heavy atom. The van der Waals surface area contributed by atoms with Crippen molar-refractivity contribution in [2.45, 2.75) is 45.6 Å². The fourth-order valence-electron chi connectivity index (χ4n) is 3.79. The molecule has 1 nitrogen and oxygen atoms in total. The van der Waals surface area contributed by atoms with E-state index in [1.807, 2.05) is 0 Å². The van der Waals surface area contributed by atoms with Gasteiger partial charge in [-0.15, -0.1) is 0 Å². The smallest absolute Gasteiger partial charge is 0.0329 e. The predicted molar refractivity (Wildman–Crippen MR) is 89.4 cm³/mol. The quantitative estimate of drug-likeness (QED) is 0.805. The van der Waals surface area contributed by atoms with E-state index in [-0.39, 0.29) is 6.04 Å². The Balaban J connectivity index is 1.85. The van der Waals surface area contributed by atoms with Crippen molar-refractivity contribution < 1.29 is 0 Å². The van der Waals surface area contributed by atoms with Crippen LogP contribution in [0.1, 0.15) is 46.7 Å². The topological polar surface area (TPSA) is 26.0 Å². The highest BCUT2D eigenvalue weighted by molar-refractivity contribution is 5.33. The van der Waals surface area contributed by atoms with E-state index in [4.69, 9.17) is 5.73 Å². The zero-order chi connectivity index (χ0) is 14.8. The molecule has 21 heavy (non-hydrogen) atoms. The van der Waals surface area contributed by atoms with Crippen LogP contribution in [0.5, 0.6) is 0 Å². The summed E-state index contributed by atoms with van der Waals surface area (Å²) < 4.78 is 0. The van der Waals surface area contributed by atoms with Crippen molar-refractivity contribution in [3.8, 4) is 0 Å². The summed E-state index contributed by atoms with van der Waals surface area (Å²) in [5.74, 6) is 0.551. The largest absolute Gasteiger partial charge is 0.324 e. The molecule has 0 aliphatic heterocycles. The molecule has 0 aromatic heterocycles. The minimum Gasteiger partial charge on any atom is -0.324 e. The van der Waals surface area contributed by atoms with Crippen LogP contribution in [0.3, 0.4) is 0 Å². The number of nitrogens with two attached hydrogens (primary N) is 1. The molecule has 0 saturated carbocycles. The van der Waals surface area contributed by atoms with Crippen molar-refractivity contribution in [3.05, 3.63) is 70.3 Å². The number of hydrogen-bond acceptors (Lipinski definition) is 1. The third-order valence-electron chi connectivity index (χ3n) is 4.72. The van der Waals surface area contributed by atoms with Gasteiger partial charge in [0, 0.05) is 6.04 Å². The van der Waals surface area contributed by atoms with Crippen molar-refractivity contribution >= 4 is 0 Å². The molecule has 1 heteroatoms. The first-order valence-corrected chi connectivity index (χ1v) is 8.04. The van der Waals surface area contributed by atoms with Gasteiger partial charge in [0.2, 0.25) is 0 Å². The fraction of sp³-hybridized carbons (Fsp3) is 0.400. The second-order valence-electron chi connectivity index (χ2n) is 6.58. The molecule has 110 valence electrons. The normalized spacial score (nSPS) is 21.7. The molecule has 1 aliphatic rings. The summed E-state index contributed by atoms with van der Waals surface area (Å²) in [6, 6.07) is 15.8. The molecule has 0 radical (unpaired) electrons. The van der Waals surface area contributed by atoms with Gasteiger partial charge in [-0.2, -0.15) is 0 Å². The molecule has 2 atom stereocenters. The van der Waals surface area contributed by atoms with Crippen molar-refractivity contribution in [1.29, 1.82) is 0 Å². The van der Waals surface area contributed by atoms with E-state index in [9.17, 15) is 0 Å². The minimum atomic E-state index is 0.171. The van der Waals surface area contributed by atoms with Gasteiger partial charge < -0.3 is 5.73 Å². The number of aryl methyl sites for hydroxylation is 3. The molecule has 0 bridgehead atoms. The predicted octanol–water partition coefficient (Wildman–Crippen LogP) is 4.50. The van der Waals surface area contributed by atoms with Crippen LogP contribution >= 0.6 is 0 Å². The van der Waals surface area contributed by atoms with Crippen LogP contribution in [0, 0.1) is 19.8 Å². The van der Waals surface area contributed by atoms with Crippen LogP contribution in [0.2, 0.25) is 0 Å². The van der Waals surface area contributed by atoms with Gasteiger partial charge in [-0.1, -0.05) is 53.6 Å². The minimum absolute atomic E-state index is 0.171. The van der Waals surface area contributed by atoms with Crippen LogP contribution < -0.4 is 5.73 Å². The standard InChI is InChI=1S/C20H25N/c1-14-10-15(2)12-16(11-14)13-18-8-5-7-17-6-3-4-9-19(17)20(18)21/h3-4,6,9-12,18,20H,5,7-8,13,21H2,1-2H3. The Morgan fingerprint density at radius 3 is 2.52 bits per heavy atom. The molecule has 2 aromatic carbocycles. The molecule has 0 saturated heterocycles. The maximum absolute atomic E-state index is 6.61. The summed E-state index contributed by atoms with van der Waals surface area (Å²) in [5.41, 5.74) is 13.6. The Labute approximate surface area is 128 Å². The average Bonchev–Trinajstić information content (AvgIpc) is 2.59. The molecule has 2 aromatic rings. The average molecular weight is 279 g/mol. The lowest BCUT2D eigenvalue weighted by molar-refractivity contribution is 0.402. The van der Waals surface area contributed by atoms with E-state index in [1.165, 1.54) is 47.1 Å². The molecule has 2 unspecified atom stereocenters. The second kappa shape index (κ2) is 6.03. The van der Waals surface area contributed by atoms with E-state index in [1.54, 1.807) is 0 Å². The summed E-state index contributed by atoms with van der Waals surface area (Å²) in [6.07, 6.45) is 4.74. The monoisotopic (exact) mass is 279 g/mol. The Kier molecular flexibility index (Phi) is 4.12. The summed E-state index contributed by atoms with van der Waals surface area (Å²) in [4.78, 5) is 0. The summed E-state index contributed by atoms with van der Waals surface area (Å²) in [7, 11) is 0. The van der Waals surface area contributed by atoms with Crippen LogP contribution in [0.25, 0.3) is 0 Å². The first-order chi connectivity index (χ1) is 10.1. The molecule has 0 heterocycles. The Bertz CT molecular complexity index is 609. The number of benzene rings is 2. The highest BCUT2D eigenvalue weighted by Crippen LogP contribution is 2.33. The first-order valence-electron chi connectivity index (χ1n) is 8.04. The molecule has 0 fully saturated rings. The molecular formula is C20H25N. The van der Waals surface area contributed by atoms with Gasteiger partial charge in [0.25, 0.3) is 0 Å². The van der Waals surface area contributed by atoms with E-state index in [0.29, 0.717) is 5.92 Å². The molecule has 2 N–H and O–H groups in total. The zero-order valence-corrected chi connectivity index (χ0v) is 13.1. The van der Waals surface area contributed by atoms with Crippen molar-refractivity contribution in [2.75, 3.05) is 0 Å². The zero-order valence-electron chi connectivity index (χ0n) is 13.1. The summed E-state index contributed by atoms with van der Waals surface area (Å²) in [5, 5.41) is 0. The SMILES string of the molecule is Cc1cc(C)cc(CC2CCCc3ccccc3C2N)c1. The van der Waals surface area contributed by atoms with Crippen molar-refractivity contribution in [1.82, 2.24) is 0 Å². The molecule has 1 aliphatic carbocycles. The lowest BCUT2D eigenvalue weighted by atomic mass is 9.86. The van der Waals surface area contributed by atoms with E-state index >= 15 is 0 Å². The van der Waals surface area contributed by atoms with Crippen molar-refractivity contribution in [3.63, 3.8) is 0 Å². The third kappa shape index (κ3) is 3.19. The fourth-order valence-corrected chi connectivity index (χ4v) is 3.79. The number of hydrogen-bond donors (Lipinski definition) is 1. The summed E-state index contributed by atoms with van der Waals surface area (Å²) in [6.45, 7) is 4.36. The lowest BCUT2D eigenvalue weighted by Gasteiger charge is -2.23. The van der Waals surface area contributed by atoms with Crippen LogP contribution in [0.4, 0.5) is 0 Å². The first kappa shape index (κ1) is 14.3. The van der Waals surface area contributed by atoms with E-state index < -0.39 is 0 Å².